The number of carbonyl (C=O) groups is 4. The molecule has 9 nitrogen and oxygen atoms in total. The number of cyclic esters (lactones) is 1. The molecule has 1 aromatic carbocycles. The van der Waals surface area contributed by atoms with Crippen LogP contribution in [0.1, 0.15) is 48.9 Å². The molecule has 0 saturated carbocycles. The van der Waals surface area contributed by atoms with Gasteiger partial charge in [0, 0.05) is 11.6 Å². The zero-order valence-electron chi connectivity index (χ0n) is 18.7. The van der Waals surface area contributed by atoms with Gasteiger partial charge in [-0.2, -0.15) is 0 Å². The number of rotatable bonds is 9. The van der Waals surface area contributed by atoms with Crippen LogP contribution in [0.2, 0.25) is 0 Å². The Morgan fingerprint density at radius 3 is 2.67 bits per heavy atom. The molecule has 3 N–H and O–H groups in total. The second kappa shape index (κ2) is 11.7. The smallest absolute Gasteiger partial charge is 0.310 e. The predicted molar refractivity (Wildman–Crippen MR) is 120 cm³/mol. The number of benzene rings is 1. The summed E-state index contributed by atoms with van der Waals surface area (Å²) in [5, 5.41) is 15.2. The van der Waals surface area contributed by atoms with Crippen molar-refractivity contribution in [2.75, 3.05) is 7.05 Å². The fourth-order valence-electron chi connectivity index (χ4n) is 4.24. The molecule has 0 aromatic heterocycles. The molecule has 9 heteroatoms. The number of aliphatic hydroxyl groups excluding tert-OH is 1. The summed E-state index contributed by atoms with van der Waals surface area (Å²) in [7, 11) is 1.89. The van der Waals surface area contributed by atoms with Crippen LogP contribution in [0.15, 0.2) is 42.5 Å². The van der Waals surface area contributed by atoms with Gasteiger partial charge >= 0.3 is 5.97 Å². The Bertz CT molecular complexity index is 874. The van der Waals surface area contributed by atoms with E-state index in [2.05, 4.69) is 15.4 Å². The molecule has 2 saturated heterocycles. The molecule has 1 aromatic rings. The van der Waals surface area contributed by atoms with Gasteiger partial charge in [-0.25, -0.2) is 0 Å². The summed E-state index contributed by atoms with van der Waals surface area (Å²) in [6.45, 7) is 0. The molecule has 0 aliphatic carbocycles. The zero-order valence-corrected chi connectivity index (χ0v) is 18.7. The highest BCUT2D eigenvalue weighted by Gasteiger charge is 2.38. The molecule has 2 amide bonds. The van der Waals surface area contributed by atoms with E-state index in [0.29, 0.717) is 24.8 Å². The van der Waals surface area contributed by atoms with Gasteiger partial charge in [-0.15, -0.1) is 0 Å². The van der Waals surface area contributed by atoms with Crippen LogP contribution in [-0.2, 0) is 19.1 Å². The fourth-order valence-corrected chi connectivity index (χ4v) is 4.24. The van der Waals surface area contributed by atoms with E-state index in [4.69, 9.17) is 0 Å². The highest BCUT2D eigenvalue weighted by Crippen LogP contribution is 2.25. The minimum absolute atomic E-state index is 0.0335. The molecule has 2 heterocycles. The molecule has 178 valence electrons. The van der Waals surface area contributed by atoms with Crippen LogP contribution in [0.5, 0.6) is 0 Å². The van der Waals surface area contributed by atoms with Crippen LogP contribution < -0.4 is 10.6 Å². The fraction of sp³-hybridized carbons (Fsp3) is 0.500. The summed E-state index contributed by atoms with van der Waals surface area (Å²) >= 11 is 0. The number of likely N-dealkylation sites (N-methyl/N-ethyl adjacent to an activating group) is 1. The number of aldehydes is 1. The quantitative estimate of drug-likeness (QED) is 0.286. The number of aliphatic hydroxyl groups is 1. The Labute approximate surface area is 193 Å². The summed E-state index contributed by atoms with van der Waals surface area (Å²) in [4.78, 5) is 49.6. The van der Waals surface area contributed by atoms with E-state index in [1.165, 1.54) is 0 Å². The number of amides is 2. The minimum Gasteiger partial charge on any atom is -0.434 e. The average molecular weight is 458 g/mol. The Morgan fingerprint density at radius 2 is 2.00 bits per heavy atom. The molecule has 5 atom stereocenters. The number of piperidine rings is 1. The zero-order chi connectivity index (χ0) is 23.8. The van der Waals surface area contributed by atoms with Crippen LogP contribution in [0.3, 0.4) is 0 Å². The molecule has 5 unspecified atom stereocenters. The molecular weight excluding hydrogens is 426 g/mol. The number of ether oxygens (including phenoxy) is 1. The molecule has 2 fully saturated rings. The van der Waals surface area contributed by atoms with E-state index in [-0.39, 0.29) is 30.3 Å². The number of likely N-dealkylation sites (tertiary alicyclic amines) is 1. The number of carbonyl (C=O) groups excluding carboxylic acids is 4. The Morgan fingerprint density at radius 1 is 1.24 bits per heavy atom. The highest BCUT2D eigenvalue weighted by molar-refractivity contribution is 5.95. The largest absolute Gasteiger partial charge is 0.434 e. The predicted octanol–water partition coefficient (Wildman–Crippen LogP) is 0.923. The van der Waals surface area contributed by atoms with Crippen molar-refractivity contribution in [3.63, 3.8) is 0 Å². The van der Waals surface area contributed by atoms with E-state index in [0.717, 1.165) is 19.1 Å². The Hall–Kier alpha value is -3.04. The number of hydrogen-bond donors (Lipinski definition) is 3. The number of esters is 1. The maximum Gasteiger partial charge on any atom is 0.310 e. The van der Waals surface area contributed by atoms with Crippen molar-refractivity contribution in [2.24, 2.45) is 0 Å². The first-order chi connectivity index (χ1) is 15.9. The summed E-state index contributed by atoms with van der Waals surface area (Å²) in [5.41, 5.74) is 0.502. The first-order valence-electron chi connectivity index (χ1n) is 11.2. The van der Waals surface area contributed by atoms with Crippen molar-refractivity contribution >= 4 is 24.1 Å². The van der Waals surface area contributed by atoms with E-state index >= 15 is 0 Å². The third-order valence-electron chi connectivity index (χ3n) is 6.18. The lowest BCUT2D eigenvalue weighted by molar-refractivity contribution is -0.155. The van der Waals surface area contributed by atoms with E-state index in [9.17, 15) is 24.3 Å². The highest BCUT2D eigenvalue weighted by atomic mass is 16.6. The molecule has 0 radical (unpaired) electrons. The molecule has 3 rings (SSSR count). The normalized spacial score (nSPS) is 26.5. The van der Waals surface area contributed by atoms with Gasteiger partial charge in [0.2, 0.25) is 12.2 Å². The van der Waals surface area contributed by atoms with E-state index < -0.39 is 24.3 Å². The van der Waals surface area contributed by atoms with Crippen molar-refractivity contribution in [1.82, 2.24) is 15.5 Å². The van der Waals surface area contributed by atoms with E-state index in [1.54, 1.807) is 24.3 Å². The van der Waals surface area contributed by atoms with Crippen LogP contribution in [0.4, 0.5) is 0 Å². The SMILES string of the molecule is CN1C(C/C=C\CC(C=O)NC(=O)c2ccccc2)CCCC1C(=O)NC1CC(=O)OC1O. The first-order valence-corrected chi connectivity index (χ1v) is 11.2. The summed E-state index contributed by atoms with van der Waals surface area (Å²) in [5.74, 6) is -1.04. The number of nitrogens with zero attached hydrogens (tertiary/aromatic N) is 1. The molecule has 33 heavy (non-hydrogen) atoms. The van der Waals surface area contributed by atoms with Crippen molar-refractivity contribution in [3.05, 3.63) is 48.0 Å². The summed E-state index contributed by atoms with van der Waals surface area (Å²) in [6.07, 6.45) is 6.83. The molecular formula is C24H31N3O6. The van der Waals surface area contributed by atoms with Gasteiger partial charge in [0.05, 0.1) is 18.5 Å². The maximum absolute atomic E-state index is 12.7. The second-order valence-corrected chi connectivity index (χ2v) is 8.49. The van der Waals surface area contributed by atoms with Crippen molar-refractivity contribution in [1.29, 1.82) is 0 Å². The van der Waals surface area contributed by atoms with Crippen LogP contribution >= 0.6 is 0 Å². The van der Waals surface area contributed by atoms with Crippen molar-refractivity contribution in [3.8, 4) is 0 Å². The van der Waals surface area contributed by atoms with Gasteiger partial charge in [0.1, 0.15) is 12.3 Å². The lowest BCUT2D eigenvalue weighted by Crippen LogP contribution is -2.54. The lowest BCUT2D eigenvalue weighted by atomic mass is 9.93. The summed E-state index contributed by atoms with van der Waals surface area (Å²) < 4.78 is 4.68. The van der Waals surface area contributed by atoms with Crippen molar-refractivity contribution < 1.29 is 29.0 Å². The van der Waals surface area contributed by atoms with E-state index in [1.807, 2.05) is 30.2 Å². The molecule has 0 spiro atoms. The second-order valence-electron chi connectivity index (χ2n) is 8.49. The van der Waals surface area contributed by atoms with Crippen LogP contribution in [0.25, 0.3) is 0 Å². The third kappa shape index (κ3) is 6.72. The van der Waals surface area contributed by atoms with Gasteiger partial charge in [0.15, 0.2) is 0 Å². The van der Waals surface area contributed by atoms with Gasteiger partial charge in [0.25, 0.3) is 5.91 Å². The third-order valence-corrected chi connectivity index (χ3v) is 6.18. The maximum atomic E-state index is 12.7. The first kappa shape index (κ1) is 24.6. The van der Waals surface area contributed by atoms with Gasteiger partial charge < -0.3 is 25.3 Å². The number of hydrogen-bond acceptors (Lipinski definition) is 7. The van der Waals surface area contributed by atoms with Gasteiger partial charge in [-0.05, 0) is 51.3 Å². The molecule has 2 aliphatic rings. The van der Waals surface area contributed by atoms with Crippen LogP contribution in [-0.4, -0.2) is 71.6 Å². The Kier molecular flexibility index (Phi) is 8.73. The summed E-state index contributed by atoms with van der Waals surface area (Å²) in [6, 6.07) is 7.20. The van der Waals surface area contributed by atoms with Gasteiger partial charge in [-0.1, -0.05) is 30.4 Å². The molecule has 0 bridgehead atoms. The topological polar surface area (TPSA) is 125 Å². The average Bonchev–Trinajstić information content (AvgIpc) is 3.13. The van der Waals surface area contributed by atoms with Gasteiger partial charge in [-0.3, -0.25) is 19.3 Å². The van der Waals surface area contributed by atoms with Crippen LogP contribution in [0, 0.1) is 0 Å². The standard InChI is InChI=1S/C24H31N3O6/c1-27-18(12-7-13-20(27)23(31)26-19-14-21(29)33-24(19)32)11-6-5-10-17(15-28)25-22(30)16-8-3-2-4-9-16/h2-6,8-9,15,17-20,24,32H,7,10-14H2,1H3,(H,25,30)(H,26,31)/b6-5-. The number of nitrogens with one attached hydrogen (secondary N) is 2. The van der Waals surface area contributed by atoms with Crippen molar-refractivity contribution in [2.45, 2.75) is 69.0 Å². The monoisotopic (exact) mass is 457 g/mol. The minimum atomic E-state index is -1.30. The lowest BCUT2D eigenvalue weighted by Gasteiger charge is -2.38. The molecule has 2 aliphatic heterocycles. The Balaban J connectivity index is 1.46.